The first-order valence-corrected chi connectivity index (χ1v) is 7.46. The summed E-state index contributed by atoms with van der Waals surface area (Å²) >= 11 is 0. The van der Waals surface area contributed by atoms with Crippen molar-refractivity contribution >= 4 is 5.65 Å². The van der Waals surface area contributed by atoms with Crippen LogP contribution >= 0.6 is 0 Å². The molecule has 0 atom stereocenters. The number of piperidine rings is 1. The van der Waals surface area contributed by atoms with Crippen LogP contribution in [0.5, 0.6) is 0 Å². The largest absolute Gasteiger partial charge is 0.326 e. The van der Waals surface area contributed by atoms with Gasteiger partial charge in [-0.05, 0) is 57.5 Å². The first-order chi connectivity index (χ1) is 9.67. The molecule has 0 unspecified atom stereocenters. The molecule has 108 valence electrons. The number of aromatic nitrogens is 3. The van der Waals surface area contributed by atoms with Crippen molar-refractivity contribution < 1.29 is 0 Å². The van der Waals surface area contributed by atoms with Crippen molar-refractivity contribution in [2.24, 2.45) is 5.73 Å². The van der Waals surface area contributed by atoms with E-state index < -0.39 is 0 Å². The number of fused-ring (bicyclic) bond motifs is 1. The van der Waals surface area contributed by atoms with Crippen molar-refractivity contribution in [2.45, 2.75) is 45.2 Å². The highest BCUT2D eigenvalue weighted by Gasteiger charge is 2.24. The number of likely N-dealkylation sites (tertiary alicyclic amines) is 1. The van der Waals surface area contributed by atoms with Crippen molar-refractivity contribution in [3.05, 3.63) is 29.7 Å². The van der Waals surface area contributed by atoms with Crippen LogP contribution in [0.15, 0.2) is 18.3 Å². The van der Waals surface area contributed by atoms with Crippen molar-refractivity contribution in [1.29, 1.82) is 0 Å². The fourth-order valence-electron chi connectivity index (χ4n) is 2.91. The van der Waals surface area contributed by atoms with Gasteiger partial charge in [0.1, 0.15) is 0 Å². The Bertz CT molecular complexity index is 581. The van der Waals surface area contributed by atoms with Crippen LogP contribution in [0.2, 0.25) is 0 Å². The highest BCUT2D eigenvalue weighted by molar-refractivity contribution is 5.40. The highest BCUT2D eigenvalue weighted by atomic mass is 15.3. The highest BCUT2D eigenvalue weighted by Crippen LogP contribution is 2.26. The van der Waals surface area contributed by atoms with Gasteiger partial charge >= 0.3 is 0 Å². The number of rotatable bonds is 3. The molecular formula is C15H23N5. The van der Waals surface area contributed by atoms with Crippen LogP contribution in [0, 0.1) is 0 Å². The van der Waals surface area contributed by atoms with Gasteiger partial charge in [0, 0.05) is 24.7 Å². The minimum absolute atomic E-state index is 0.492. The lowest BCUT2D eigenvalue weighted by Gasteiger charge is -2.33. The first-order valence-electron chi connectivity index (χ1n) is 7.46. The number of hydrogen-bond donors (Lipinski definition) is 1. The summed E-state index contributed by atoms with van der Waals surface area (Å²) < 4.78 is 1.86. The van der Waals surface area contributed by atoms with E-state index in [1.165, 1.54) is 0 Å². The fraction of sp³-hybridized carbons (Fsp3) is 0.600. The zero-order chi connectivity index (χ0) is 14.1. The summed E-state index contributed by atoms with van der Waals surface area (Å²) in [6.07, 6.45) is 4.26. The maximum Gasteiger partial charge on any atom is 0.155 e. The molecule has 0 aliphatic carbocycles. The van der Waals surface area contributed by atoms with E-state index in [4.69, 9.17) is 10.7 Å². The van der Waals surface area contributed by atoms with E-state index in [1.54, 1.807) is 0 Å². The summed E-state index contributed by atoms with van der Waals surface area (Å²) in [4.78, 5) is 7.22. The van der Waals surface area contributed by atoms with Crippen molar-refractivity contribution in [1.82, 2.24) is 19.5 Å². The molecule has 5 nitrogen and oxygen atoms in total. The lowest BCUT2D eigenvalue weighted by atomic mass is 9.95. The zero-order valence-electron chi connectivity index (χ0n) is 12.3. The Morgan fingerprint density at radius 2 is 2.10 bits per heavy atom. The molecule has 2 aromatic rings. The Kier molecular flexibility index (Phi) is 3.72. The molecule has 1 fully saturated rings. The van der Waals surface area contributed by atoms with Crippen LogP contribution in [0.1, 0.15) is 44.0 Å². The minimum Gasteiger partial charge on any atom is -0.326 e. The average Bonchev–Trinajstić information content (AvgIpc) is 2.90. The van der Waals surface area contributed by atoms with Gasteiger partial charge in [-0.3, -0.25) is 0 Å². The Balaban J connectivity index is 1.78. The van der Waals surface area contributed by atoms with Gasteiger partial charge in [-0.1, -0.05) is 0 Å². The Labute approximate surface area is 119 Å². The second-order valence-electron chi connectivity index (χ2n) is 5.92. The number of pyridine rings is 1. The summed E-state index contributed by atoms with van der Waals surface area (Å²) in [7, 11) is 0. The second kappa shape index (κ2) is 5.50. The zero-order valence-corrected chi connectivity index (χ0v) is 12.3. The van der Waals surface area contributed by atoms with Crippen LogP contribution in [0.25, 0.3) is 5.65 Å². The van der Waals surface area contributed by atoms with Gasteiger partial charge in [0.05, 0.1) is 0 Å². The molecule has 1 aliphatic rings. The third kappa shape index (κ3) is 2.55. The summed E-state index contributed by atoms with van der Waals surface area (Å²) in [6, 6.07) is 4.67. The van der Waals surface area contributed by atoms with Crippen molar-refractivity contribution in [3.8, 4) is 0 Å². The molecule has 0 amide bonds. The topological polar surface area (TPSA) is 59.5 Å². The molecule has 3 heterocycles. The van der Waals surface area contributed by atoms with E-state index in [1.807, 2.05) is 22.8 Å². The number of hydrogen-bond acceptors (Lipinski definition) is 4. The van der Waals surface area contributed by atoms with Gasteiger partial charge in [0.25, 0.3) is 0 Å². The third-order valence-electron chi connectivity index (χ3n) is 4.28. The molecule has 1 aliphatic heterocycles. The Morgan fingerprint density at radius 3 is 2.75 bits per heavy atom. The quantitative estimate of drug-likeness (QED) is 0.926. The molecule has 0 bridgehead atoms. The third-order valence-corrected chi connectivity index (χ3v) is 4.28. The smallest absolute Gasteiger partial charge is 0.155 e. The molecule has 2 aromatic heterocycles. The summed E-state index contributed by atoms with van der Waals surface area (Å²) in [5.74, 6) is 1.48. The van der Waals surface area contributed by atoms with Gasteiger partial charge in [-0.15, -0.1) is 0 Å². The number of nitrogens with zero attached hydrogens (tertiary/aromatic N) is 4. The van der Waals surface area contributed by atoms with Crippen LogP contribution in [-0.4, -0.2) is 38.6 Å². The number of nitrogens with two attached hydrogens (primary N) is 1. The molecule has 0 saturated carbocycles. The maximum absolute atomic E-state index is 5.67. The van der Waals surface area contributed by atoms with E-state index in [0.29, 0.717) is 18.5 Å². The van der Waals surface area contributed by atoms with E-state index in [9.17, 15) is 0 Å². The monoisotopic (exact) mass is 273 g/mol. The standard InChI is InChI=1S/C15H23N5/c1-11(2)19-6-4-13(5-7-19)15-17-14-9-12(10-16)3-8-20(14)18-15/h3,8-9,11,13H,4-7,10,16H2,1-2H3. The first kappa shape index (κ1) is 13.5. The van der Waals surface area contributed by atoms with Gasteiger partial charge in [0.2, 0.25) is 0 Å². The molecule has 2 N–H and O–H groups in total. The summed E-state index contributed by atoms with van der Waals surface area (Å²) in [5, 5.41) is 4.63. The molecule has 3 rings (SSSR count). The lowest BCUT2D eigenvalue weighted by molar-refractivity contribution is 0.169. The van der Waals surface area contributed by atoms with Crippen LogP contribution < -0.4 is 5.73 Å². The van der Waals surface area contributed by atoms with Gasteiger partial charge in [0.15, 0.2) is 11.5 Å². The lowest BCUT2D eigenvalue weighted by Crippen LogP contribution is -2.38. The van der Waals surface area contributed by atoms with Crippen LogP contribution in [0.4, 0.5) is 0 Å². The maximum atomic E-state index is 5.67. The summed E-state index contributed by atoms with van der Waals surface area (Å²) in [6.45, 7) is 7.36. The molecule has 0 aromatic carbocycles. The molecule has 0 radical (unpaired) electrons. The van der Waals surface area contributed by atoms with Crippen LogP contribution in [-0.2, 0) is 6.54 Å². The Morgan fingerprint density at radius 1 is 1.35 bits per heavy atom. The van der Waals surface area contributed by atoms with E-state index >= 15 is 0 Å². The normalized spacial score (nSPS) is 18.2. The minimum atomic E-state index is 0.492. The van der Waals surface area contributed by atoms with Gasteiger partial charge in [-0.2, -0.15) is 5.10 Å². The van der Waals surface area contributed by atoms with Crippen molar-refractivity contribution in [3.63, 3.8) is 0 Å². The fourth-order valence-corrected chi connectivity index (χ4v) is 2.91. The molecular weight excluding hydrogens is 250 g/mol. The molecule has 20 heavy (non-hydrogen) atoms. The van der Waals surface area contributed by atoms with E-state index in [-0.39, 0.29) is 0 Å². The second-order valence-corrected chi connectivity index (χ2v) is 5.92. The Hall–Kier alpha value is -1.46. The predicted molar refractivity (Wildman–Crippen MR) is 79.6 cm³/mol. The predicted octanol–water partition coefficient (Wildman–Crippen LogP) is 1.78. The van der Waals surface area contributed by atoms with Crippen LogP contribution in [0.3, 0.4) is 0 Å². The van der Waals surface area contributed by atoms with E-state index in [2.05, 4.69) is 23.8 Å². The molecule has 0 spiro atoms. The van der Waals surface area contributed by atoms with Gasteiger partial charge in [-0.25, -0.2) is 9.50 Å². The van der Waals surface area contributed by atoms with E-state index in [0.717, 1.165) is 43.0 Å². The van der Waals surface area contributed by atoms with Crippen molar-refractivity contribution in [2.75, 3.05) is 13.1 Å². The SMILES string of the molecule is CC(C)N1CCC(c2nc3cc(CN)ccn3n2)CC1. The molecule has 5 heteroatoms. The van der Waals surface area contributed by atoms with Gasteiger partial charge < -0.3 is 10.6 Å². The molecule has 1 saturated heterocycles. The summed E-state index contributed by atoms with van der Waals surface area (Å²) in [5.41, 5.74) is 7.69. The average molecular weight is 273 g/mol.